The first-order valence-electron chi connectivity index (χ1n) is 6.84. The maximum Gasteiger partial charge on any atom is -0.0132 e. The lowest BCUT2D eigenvalue weighted by atomic mass is 9.79. The Balaban J connectivity index is 2.50. The van der Waals surface area contributed by atoms with E-state index in [1.54, 1.807) is 5.56 Å². The second-order valence-electron chi connectivity index (χ2n) is 7.62. The summed E-state index contributed by atoms with van der Waals surface area (Å²) in [6.07, 6.45) is 2.77. The normalized spacial score (nSPS) is 17.3. The summed E-state index contributed by atoms with van der Waals surface area (Å²) in [5.41, 5.74) is 5.07. The minimum Gasteiger partial charge on any atom is -0.0561 e. The Hall–Kier alpha value is -0.780. The van der Waals surface area contributed by atoms with Gasteiger partial charge in [0.05, 0.1) is 0 Å². The molecule has 1 fully saturated rings. The van der Waals surface area contributed by atoms with Crippen LogP contribution in [0.3, 0.4) is 0 Å². The highest BCUT2D eigenvalue weighted by molar-refractivity contribution is 5.40. The molecule has 0 saturated heterocycles. The van der Waals surface area contributed by atoms with E-state index in [-0.39, 0.29) is 10.8 Å². The SMILES string of the molecule is CC(C)(C)c1cc(C2CC2)cc(C(C)(C)C)c1. The van der Waals surface area contributed by atoms with Crippen molar-refractivity contribution in [2.75, 3.05) is 0 Å². The lowest BCUT2D eigenvalue weighted by molar-refractivity contribution is 0.567. The molecule has 0 aliphatic heterocycles. The van der Waals surface area contributed by atoms with Gasteiger partial charge in [-0.25, -0.2) is 0 Å². The topological polar surface area (TPSA) is 0 Å². The molecule has 0 atom stereocenters. The summed E-state index contributed by atoms with van der Waals surface area (Å²) in [6, 6.07) is 7.28. The molecule has 0 spiro atoms. The van der Waals surface area contributed by atoms with Gasteiger partial charge in [-0.05, 0) is 46.3 Å². The van der Waals surface area contributed by atoms with Gasteiger partial charge in [0.25, 0.3) is 0 Å². The summed E-state index contributed by atoms with van der Waals surface area (Å²) in [7, 11) is 0. The smallest absolute Gasteiger partial charge is 0.0132 e. The molecule has 94 valence electrons. The third-order valence-corrected chi connectivity index (χ3v) is 3.74. The standard InChI is InChI=1S/C17H26/c1-16(2,3)14-9-13(12-7-8-12)10-15(11-14)17(4,5)6/h9-12H,7-8H2,1-6H3. The van der Waals surface area contributed by atoms with Crippen LogP contribution in [0.25, 0.3) is 0 Å². The first kappa shape index (κ1) is 12.7. The zero-order valence-corrected chi connectivity index (χ0v) is 12.2. The Labute approximate surface area is 106 Å². The lowest BCUT2D eigenvalue weighted by Gasteiger charge is -2.26. The Morgan fingerprint density at radius 3 is 1.47 bits per heavy atom. The minimum absolute atomic E-state index is 0.255. The third-order valence-electron chi connectivity index (χ3n) is 3.74. The minimum atomic E-state index is 0.255. The summed E-state index contributed by atoms with van der Waals surface area (Å²) in [4.78, 5) is 0. The highest BCUT2D eigenvalue weighted by Crippen LogP contribution is 2.43. The van der Waals surface area contributed by atoms with Crippen molar-refractivity contribution in [3.63, 3.8) is 0 Å². The average Bonchev–Trinajstić information content (AvgIpc) is 2.97. The molecule has 0 amide bonds. The lowest BCUT2D eigenvalue weighted by Crippen LogP contribution is -2.16. The Morgan fingerprint density at radius 1 is 0.765 bits per heavy atom. The molecule has 1 saturated carbocycles. The maximum atomic E-state index is 2.44. The van der Waals surface area contributed by atoms with Gasteiger partial charge in [0.15, 0.2) is 0 Å². The highest BCUT2D eigenvalue weighted by atomic mass is 14.3. The fraction of sp³-hybridized carbons (Fsp3) is 0.647. The van der Waals surface area contributed by atoms with Crippen LogP contribution in [0, 0.1) is 0 Å². The fourth-order valence-corrected chi connectivity index (χ4v) is 2.17. The molecule has 2 rings (SSSR count). The molecule has 1 aromatic carbocycles. The first-order valence-corrected chi connectivity index (χ1v) is 6.84. The van der Waals surface area contributed by atoms with Crippen LogP contribution in [-0.2, 0) is 10.8 Å². The van der Waals surface area contributed by atoms with E-state index in [1.807, 2.05) is 0 Å². The molecular weight excluding hydrogens is 204 g/mol. The molecule has 1 aliphatic rings. The highest BCUT2D eigenvalue weighted by Gasteiger charge is 2.27. The van der Waals surface area contributed by atoms with Crippen LogP contribution in [0.1, 0.15) is 77.0 Å². The summed E-state index contributed by atoms with van der Waals surface area (Å²) in [6.45, 7) is 13.9. The molecule has 0 heteroatoms. The van der Waals surface area contributed by atoms with Gasteiger partial charge in [0.1, 0.15) is 0 Å². The van der Waals surface area contributed by atoms with Gasteiger partial charge < -0.3 is 0 Å². The van der Waals surface area contributed by atoms with Gasteiger partial charge in [0, 0.05) is 0 Å². The molecule has 0 radical (unpaired) electrons. The number of hydrogen-bond donors (Lipinski definition) is 0. The van der Waals surface area contributed by atoms with Gasteiger partial charge in [-0.3, -0.25) is 0 Å². The fourth-order valence-electron chi connectivity index (χ4n) is 2.17. The average molecular weight is 230 g/mol. The summed E-state index contributed by atoms with van der Waals surface area (Å²) in [5, 5.41) is 0. The van der Waals surface area contributed by atoms with Crippen LogP contribution >= 0.6 is 0 Å². The van der Waals surface area contributed by atoms with Crippen LogP contribution in [0.15, 0.2) is 18.2 Å². The quantitative estimate of drug-likeness (QED) is 0.625. The molecule has 0 aromatic heterocycles. The van der Waals surface area contributed by atoms with E-state index < -0.39 is 0 Å². The van der Waals surface area contributed by atoms with E-state index in [2.05, 4.69) is 59.7 Å². The van der Waals surface area contributed by atoms with Crippen LogP contribution in [0.2, 0.25) is 0 Å². The van der Waals surface area contributed by atoms with E-state index in [0.29, 0.717) is 0 Å². The summed E-state index contributed by atoms with van der Waals surface area (Å²) in [5.74, 6) is 0.846. The zero-order chi connectivity index (χ0) is 12.8. The van der Waals surface area contributed by atoms with Crippen molar-refractivity contribution in [3.8, 4) is 0 Å². The Kier molecular flexibility index (Phi) is 2.88. The third kappa shape index (κ3) is 2.91. The van der Waals surface area contributed by atoms with Crippen molar-refractivity contribution in [2.24, 2.45) is 0 Å². The number of hydrogen-bond acceptors (Lipinski definition) is 0. The van der Waals surface area contributed by atoms with Crippen molar-refractivity contribution in [1.82, 2.24) is 0 Å². The maximum absolute atomic E-state index is 2.44. The molecule has 0 N–H and O–H groups in total. The van der Waals surface area contributed by atoms with Gasteiger partial charge >= 0.3 is 0 Å². The van der Waals surface area contributed by atoms with Gasteiger partial charge in [-0.2, -0.15) is 0 Å². The Morgan fingerprint density at radius 2 is 1.18 bits per heavy atom. The number of rotatable bonds is 1. The largest absolute Gasteiger partial charge is 0.0561 e. The van der Waals surface area contributed by atoms with Gasteiger partial charge in [-0.15, -0.1) is 0 Å². The second kappa shape index (κ2) is 3.86. The first-order chi connectivity index (χ1) is 7.68. The Bertz CT molecular complexity index is 376. The van der Waals surface area contributed by atoms with Crippen molar-refractivity contribution in [1.29, 1.82) is 0 Å². The molecule has 0 unspecified atom stereocenters. The predicted octanol–water partition coefficient (Wildman–Crippen LogP) is 5.16. The van der Waals surface area contributed by atoms with E-state index in [4.69, 9.17) is 0 Å². The summed E-state index contributed by atoms with van der Waals surface area (Å²) >= 11 is 0. The molecular formula is C17H26. The second-order valence-corrected chi connectivity index (χ2v) is 7.62. The molecule has 1 aliphatic carbocycles. The van der Waals surface area contributed by atoms with Crippen molar-refractivity contribution in [3.05, 3.63) is 34.9 Å². The molecule has 0 bridgehead atoms. The predicted molar refractivity (Wildman–Crippen MR) is 75.8 cm³/mol. The van der Waals surface area contributed by atoms with Gasteiger partial charge in [0.2, 0.25) is 0 Å². The number of benzene rings is 1. The molecule has 0 heterocycles. The van der Waals surface area contributed by atoms with Crippen molar-refractivity contribution < 1.29 is 0 Å². The summed E-state index contributed by atoms with van der Waals surface area (Å²) < 4.78 is 0. The van der Waals surface area contributed by atoms with Crippen molar-refractivity contribution in [2.45, 2.75) is 71.1 Å². The van der Waals surface area contributed by atoms with E-state index in [1.165, 1.54) is 24.0 Å². The monoisotopic (exact) mass is 230 g/mol. The van der Waals surface area contributed by atoms with Crippen LogP contribution in [-0.4, -0.2) is 0 Å². The molecule has 1 aromatic rings. The van der Waals surface area contributed by atoms with E-state index in [0.717, 1.165) is 5.92 Å². The molecule has 17 heavy (non-hydrogen) atoms. The zero-order valence-electron chi connectivity index (χ0n) is 12.2. The van der Waals surface area contributed by atoms with Crippen LogP contribution < -0.4 is 0 Å². The van der Waals surface area contributed by atoms with E-state index >= 15 is 0 Å². The van der Waals surface area contributed by atoms with E-state index in [9.17, 15) is 0 Å². The van der Waals surface area contributed by atoms with Gasteiger partial charge in [-0.1, -0.05) is 59.7 Å². The van der Waals surface area contributed by atoms with Crippen LogP contribution in [0.5, 0.6) is 0 Å². The molecule has 0 nitrogen and oxygen atoms in total. The van der Waals surface area contributed by atoms with Crippen LogP contribution in [0.4, 0.5) is 0 Å². The van der Waals surface area contributed by atoms with Crippen molar-refractivity contribution >= 4 is 0 Å².